The van der Waals surface area contributed by atoms with Crippen molar-refractivity contribution in [1.82, 2.24) is 19.9 Å². The second-order valence-electron chi connectivity index (χ2n) is 4.58. The maximum Gasteiger partial charge on any atom is 0.327 e. The first-order chi connectivity index (χ1) is 8.72. The molecule has 96 valence electrons. The predicted molar refractivity (Wildman–Crippen MR) is 71.1 cm³/mol. The van der Waals surface area contributed by atoms with E-state index in [4.69, 9.17) is 0 Å². The van der Waals surface area contributed by atoms with Gasteiger partial charge in [-0.3, -0.25) is 14.8 Å². The normalized spacial score (nSPS) is 17.3. The van der Waals surface area contributed by atoms with E-state index in [0.717, 1.165) is 12.2 Å². The van der Waals surface area contributed by atoms with E-state index in [1.807, 2.05) is 11.8 Å². The lowest BCUT2D eigenvalue weighted by molar-refractivity contribution is 0.478. The topological polar surface area (TPSA) is 94.4 Å². The third kappa shape index (κ3) is 2.22. The molecule has 2 aromatic heterocycles. The molecule has 0 atom stereocenters. The molecule has 3 rings (SSSR count). The van der Waals surface area contributed by atoms with Crippen molar-refractivity contribution in [2.75, 3.05) is 11.5 Å². The van der Waals surface area contributed by atoms with E-state index >= 15 is 0 Å². The lowest BCUT2D eigenvalue weighted by Crippen LogP contribution is -2.21. The van der Waals surface area contributed by atoms with E-state index in [1.165, 1.54) is 24.3 Å². The van der Waals surface area contributed by atoms with Gasteiger partial charge in [-0.25, -0.2) is 9.78 Å². The van der Waals surface area contributed by atoms with Crippen LogP contribution in [0.1, 0.15) is 18.7 Å². The fourth-order valence-corrected chi connectivity index (χ4v) is 3.51. The fraction of sp³-hybridized carbons (Fsp3) is 0.545. The van der Waals surface area contributed by atoms with Crippen LogP contribution in [0.25, 0.3) is 11.2 Å². The van der Waals surface area contributed by atoms with Crippen LogP contribution < -0.4 is 11.2 Å². The van der Waals surface area contributed by atoms with Crippen LogP contribution in [0.2, 0.25) is 0 Å². The van der Waals surface area contributed by atoms with Gasteiger partial charge in [0.15, 0.2) is 5.65 Å². The summed E-state index contributed by atoms with van der Waals surface area (Å²) in [5.74, 6) is 3.80. The average molecular weight is 266 g/mol. The fourth-order valence-electron chi connectivity index (χ4n) is 2.30. The summed E-state index contributed by atoms with van der Waals surface area (Å²) in [4.78, 5) is 34.7. The standard InChI is InChI=1S/C11H14N4O2S/c16-10-8-9(14-11(17)15-10)13-7(12-8)5-6-1-3-18-4-2-6/h6H,1-5H2,(H3,12,13,14,15,16,17). The molecule has 0 spiro atoms. The number of H-pyrrole nitrogens is 3. The molecule has 0 saturated carbocycles. The van der Waals surface area contributed by atoms with Crippen LogP contribution in [0.4, 0.5) is 0 Å². The van der Waals surface area contributed by atoms with Crippen molar-refractivity contribution < 1.29 is 0 Å². The van der Waals surface area contributed by atoms with Crippen LogP contribution in [0.5, 0.6) is 0 Å². The Labute approximate surface area is 107 Å². The number of nitrogens with zero attached hydrogens (tertiary/aromatic N) is 1. The zero-order valence-corrected chi connectivity index (χ0v) is 10.6. The Morgan fingerprint density at radius 2 is 1.94 bits per heavy atom. The van der Waals surface area contributed by atoms with E-state index in [0.29, 0.717) is 17.1 Å². The van der Waals surface area contributed by atoms with Gasteiger partial charge in [0.1, 0.15) is 11.3 Å². The highest BCUT2D eigenvalue weighted by Crippen LogP contribution is 2.25. The Morgan fingerprint density at radius 3 is 2.72 bits per heavy atom. The molecule has 2 aromatic rings. The highest BCUT2D eigenvalue weighted by molar-refractivity contribution is 7.99. The Balaban J connectivity index is 1.91. The molecule has 0 aliphatic carbocycles. The number of hydrogen-bond donors (Lipinski definition) is 3. The minimum atomic E-state index is -0.514. The summed E-state index contributed by atoms with van der Waals surface area (Å²) in [6, 6.07) is 0. The van der Waals surface area contributed by atoms with Crippen molar-refractivity contribution in [1.29, 1.82) is 0 Å². The molecule has 0 unspecified atom stereocenters. The molecule has 18 heavy (non-hydrogen) atoms. The molecule has 0 aromatic carbocycles. The zero-order chi connectivity index (χ0) is 12.5. The summed E-state index contributed by atoms with van der Waals surface area (Å²) in [5.41, 5.74) is -0.218. The quantitative estimate of drug-likeness (QED) is 0.743. The lowest BCUT2D eigenvalue weighted by atomic mass is 9.99. The Bertz CT molecular complexity index is 665. The van der Waals surface area contributed by atoms with Crippen molar-refractivity contribution in [3.05, 3.63) is 26.7 Å². The summed E-state index contributed by atoms with van der Waals surface area (Å²) < 4.78 is 0. The number of hydrogen-bond acceptors (Lipinski definition) is 4. The molecule has 3 N–H and O–H groups in total. The molecule has 1 saturated heterocycles. The smallest absolute Gasteiger partial charge is 0.327 e. The number of fused-ring (bicyclic) bond motifs is 1. The van der Waals surface area contributed by atoms with Crippen molar-refractivity contribution in [2.24, 2.45) is 5.92 Å². The summed E-state index contributed by atoms with van der Waals surface area (Å²) >= 11 is 1.99. The second kappa shape index (κ2) is 4.64. The summed E-state index contributed by atoms with van der Waals surface area (Å²) in [6.45, 7) is 0. The third-order valence-electron chi connectivity index (χ3n) is 3.26. The molecule has 3 heterocycles. The first kappa shape index (κ1) is 11.6. The molecule has 7 heteroatoms. The summed E-state index contributed by atoms with van der Waals surface area (Å²) in [6.07, 6.45) is 3.22. The van der Waals surface area contributed by atoms with Crippen molar-refractivity contribution in [3.63, 3.8) is 0 Å². The first-order valence-electron chi connectivity index (χ1n) is 6.01. The molecular weight excluding hydrogens is 252 g/mol. The lowest BCUT2D eigenvalue weighted by Gasteiger charge is -2.19. The van der Waals surface area contributed by atoms with Crippen LogP contribution in [0, 0.1) is 5.92 Å². The van der Waals surface area contributed by atoms with Gasteiger partial charge in [-0.15, -0.1) is 0 Å². The molecule has 1 fully saturated rings. The monoisotopic (exact) mass is 266 g/mol. The van der Waals surface area contributed by atoms with E-state index in [9.17, 15) is 9.59 Å². The van der Waals surface area contributed by atoms with Crippen molar-refractivity contribution in [2.45, 2.75) is 19.3 Å². The maximum absolute atomic E-state index is 11.6. The average Bonchev–Trinajstić information content (AvgIpc) is 2.73. The highest BCUT2D eigenvalue weighted by atomic mass is 32.2. The maximum atomic E-state index is 11.6. The van der Waals surface area contributed by atoms with Gasteiger partial charge in [0, 0.05) is 6.42 Å². The van der Waals surface area contributed by atoms with E-state index in [-0.39, 0.29) is 0 Å². The van der Waals surface area contributed by atoms with Crippen molar-refractivity contribution in [3.8, 4) is 0 Å². The van der Waals surface area contributed by atoms with Gasteiger partial charge in [-0.05, 0) is 30.3 Å². The van der Waals surface area contributed by atoms with Gasteiger partial charge < -0.3 is 4.98 Å². The van der Waals surface area contributed by atoms with Crippen LogP contribution >= 0.6 is 11.8 Å². The molecule has 0 radical (unpaired) electrons. The summed E-state index contributed by atoms with van der Waals surface area (Å²) in [5, 5.41) is 0. The summed E-state index contributed by atoms with van der Waals surface area (Å²) in [7, 11) is 0. The number of nitrogens with one attached hydrogen (secondary N) is 3. The van der Waals surface area contributed by atoms with Gasteiger partial charge in [0.25, 0.3) is 5.56 Å². The van der Waals surface area contributed by atoms with Crippen LogP contribution in [-0.2, 0) is 6.42 Å². The largest absolute Gasteiger partial charge is 0.336 e. The molecule has 1 aliphatic rings. The molecule has 0 amide bonds. The van der Waals surface area contributed by atoms with E-state index in [2.05, 4.69) is 19.9 Å². The number of imidazole rings is 1. The van der Waals surface area contributed by atoms with Crippen LogP contribution in [0.15, 0.2) is 9.59 Å². The van der Waals surface area contributed by atoms with Gasteiger partial charge in [0.05, 0.1) is 0 Å². The number of rotatable bonds is 2. The zero-order valence-electron chi connectivity index (χ0n) is 9.78. The molecule has 6 nitrogen and oxygen atoms in total. The van der Waals surface area contributed by atoms with E-state index < -0.39 is 11.2 Å². The SMILES string of the molecule is O=c1[nH]c(=O)c2[nH]c(CC3CCSCC3)nc2[nH]1. The predicted octanol–water partition coefficient (Wildman–Crippen LogP) is 0.625. The number of aromatic nitrogens is 4. The second-order valence-corrected chi connectivity index (χ2v) is 5.80. The minimum Gasteiger partial charge on any atom is -0.336 e. The van der Waals surface area contributed by atoms with Gasteiger partial charge in [0.2, 0.25) is 0 Å². The number of thioether (sulfide) groups is 1. The minimum absolute atomic E-state index is 0.351. The van der Waals surface area contributed by atoms with E-state index in [1.54, 1.807) is 0 Å². The molecular formula is C11H14N4O2S. The molecule has 0 bridgehead atoms. The Morgan fingerprint density at radius 1 is 1.17 bits per heavy atom. The molecule has 1 aliphatic heterocycles. The Kier molecular flexibility index (Phi) is 2.99. The van der Waals surface area contributed by atoms with Crippen LogP contribution in [0.3, 0.4) is 0 Å². The van der Waals surface area contributed by atoms with Crippen molar-refractivity contribution >= 4 is 22.9 Å². The van der Waals surface area contributed by atoms with Crippen LogP contribution in [-0.4, -0.2) is 31.4 Å². The third-order valence-corrected chi connectivity index (χ3v) is 4.31. The van der Waals surface area contributed by atoms with Gasteiger partial charge >= 0.3 is 5.69 Å². The first-order valence-corrected chi connectivity index (χ1v) is 7.17. The van der Waals surface area contributed by atoms with Gasteiger partial charge in [-0.2, -0.15) is 11.8 Å². The highest BCUT2D eigenvalue weighted by Gasteiger charge is 2.16. The van der Waals surface area contributed by atoms with Gasteiger partial charge in [-0.1, -0.05) is 0 Å². The number of aromatic amines is 3. The Hall–Kier alpha value is -1.50.